The molecule has 1 heterocycles. The minimum absolute atomic E-state index is 0.809. The smallest absolute Gasteiger partial charge is 0.119 e. The van der Waals surface area contributed by atoms with Crippen LogP contribution in [0.3, 0.4) is 0 Å². The molecule has 0 spiro atoms. The second-order valence-electron chi connectivity index (χ2n) is 9.18. The average Bonchev–Trinajstić information content (AvgIpc) is 2.85. The number of aromatic nitrogens is 1. The highest BCUT2D eigenvalue weighted by atomic mass is 16.5. The SMILES string of the molecule is CCCCCCCCCCOc1ccc(-c2ccc(CCCOCCCCCC)cn2)cc1. The van der Waals surface area contributed by atoms with Crippen LogP contribution in [0.25, 0.3) is 11.3 Å². The van der Waals surface area contributed by atoms with E-state index in [9.17, 15) is 0 Å². The highest BCUT2D eigenvalue weighted by Crippen LogP contribution is 2.21. The normalized spacial score (nSPS) is 11.1. The summed E-state index contributed by atoms with van der Waals surface area (Å²) in [6.45, 7) is 7.06. The van der Waals surface area contributed by atoms with Crippen molar-refractivity contribution < 1.29 is 9.47 Å². The second kappa shape index (κ2) is 18.5. The first-order valence-corrected chi connectivity index (χ1v) is 13.6. The molecule has 1 aromatic heterocycles. The van der Waals surface area contributed by atoms with Crippen molar-refractivity contribution in [3.63, 3.8) is 0 Å². The van der Waals surface area contributed by atoms with E-state index >= 15 is 0 Å². The third kappa shape index (κ3) is 12.8. The molecule has 0 aliphatic carbocycles. The van der Waals surface area contributed by atoms with Gasteiger partial charge in [0, 0.05) is 25.0 Å². The molecule has 3 heteroatoms. The standard InChI is InChI=1S/C30H47NO2/c1-3-5-7-9-10-11-12-14-25-33-29-20-18-28(19-21-29)30-22-17-27(26-31-30)16-15-24-32-23-13-8-6-4-2/h17-22,26H,3-16,23-25H2,1-2H3. The zero-order valence-corrected chi connectivity index (χ0v) is 21.3. The maximum atomic E-state index is 5.92. The lowest BCUT2D eigenvalue weighted by Gasteiger charge is -2.08. The van der Waals surface area contributed by atoms with Crippen LogP contribution in [0.5, 0.6) is 5.75 Å². The Balaban J connectivity index is 1.59. The number of benzene rings is 1. The van der Waals surface area contributed by atoms with Gasteiger partial charge in [-0.15, -0.1) is 0 Å². The second-order valence-corrected chi connectivity index (χ2v) is 9.18. The third-order valence-corrected chi connectivity index (χ3v) is 6.14. The minimum Gasteiger partial charge on any atom is -0.494 e. The highest BCUT2D eigenvalue weighted by molar-refractivity contribution is 5.60. The molecule has 0 aliphatic rings. The van der Waals surface area contributed by atoms with E-state index in [2.05, 4.69) is 55.2 Å². The van der Waals surface area contributed by atoms with Crippen LogP contribution in [0.15, 0.2) is 42.6 Å². The first-order valence-electron chi connectivity index (χ1n) is 13.6. The van der Waals surface area contributed by atoms with Crippen molar-refractivity contribution in [1.29, 1.82) is 0 Å². The van der Waals surface area contributed by atoms with E-state index < -0.39 is 0 Å². The molecule has 0 N–H and O–H groups in total. The van der Waals surface area contributed by atoms with Gasteiger partial charge >= 0.3 is 0 Å². The Kier molecular flexibility index (Phi) is 15.4. The van der Waals surface area contributed by atoms with Gasteiger partial charge in [-0.1, -0.05) is 84.1 Å². The molecule has 3 nitrogen and oxygen atoms in total. The lowest BCUT2D eigenvalue weighted by molar-refractivity contribution is 0.128. The van der Waals surface area contributed by atoms with Crippen LogP contribution in [0.2, 0.25) is 0 Å². The number of hydrogen-bond donors (Lipinski definition) is 0. The summed E-state index contributed by atoms with van der Waals surface area (Å²) < 4.78 is 11.7. The zero-order valence-electron chi connectivity index (χ0n) is 21.3. The molecule has 0 radical (unpaired) electrons. The van der Waals surface area contributed by atoms with Crippen LogP contribution < -0.4 is 4.74 Å². The number of nitrogens with zero attached hydrogens (tertiary/aromatic N) is 1. The number of unbranched alkanes of at least 4 members (excludes halogenated alkanes) is 10. The molecule has 0 fully saturated rings. The van der Waals surface area contributed by atoms with Crippen LogP contribution in [0.4, 0.5) is 0 Å². The molecule has 2 aromatic rings. The molecule has 0 unspecified atom stereocenters. The summed E-state index contributed by atoms with van der Waals surface area (Å²) in [5, 5.41) is 0. The fourth-order valence-electron chi connectivity index (χ4n) is 4.00. The largest absolute Gasteiger partial charge is 0.494 e. The summed E-state index contributed by atoms with van der Waals surface area (Å²) in [5.74, 6) is 0.952. The minimum atomic E-state index is 0.809. The predicted octanol–water partition coefficient (Wildman–Crippen LogP) is 8.80. The van der Waals surface area contributed by atoms with Gasteiger partial charge in [-0.2, -0.15) is 0 Å². The molecule has 2 rings (SSSR count). The first kappa shape index (κ1) is 27.4. The van der Waals surface area contributed by atoms with Gasteiger partial charge in [0.1, 0.15) is 5.75 Å². The number of pyridine rings is 1. The molecule has 0 saturated carbocycles. The van der Waals surface area contributed by atoms with Gasteiger partial charge in [0.25, 0.3) is 0 Å². The van der Waals surface area contributed by atoms with Crippen LogP contribution >= 0.6 is 0 Å². The van der Waals surface area contributed by atoms with Gasteiger partial charge in [-0.05, 0) is 61.6 Å². The third-order valence-electron chi connectivity index (χ3n) is 6.14. The topological polar surface area (TPSA) is 31.4 Å². The zero-order chi connectivity index (χ0) is 23.4. The van der Waals surface area contributed by atoms with Crippen LogP contribution in [0, 0.1) is 0 Å². The average molecular weight is 454 g/mol. The van der Waals surface area contributed by atoms with Crippen molar-refractivity contribution in [2.75, 3.05) is 19.8 Å². The predicted molar refractivity (Wildman–Crippen MR) is 141 cm³/mol. The van der Waals surface area contributed by atoms with E-state index in [1.54, 1.807) is 0 Å². The number of rotatable bonds is 20. The fraction of sp³-hybridized carbons (Fsp3) is 0.633. The van der Waals surface area contributed by atoms with Gasteiger partial charge < -0.3 is 9.47 Å². The molecule has 1 aromatic carbocycles. The van der Waals surface area contributed by atoms with E-state index in [1.165, 1.54) is 76.2 Å². The monoisotopic (exact) mass is 453 g/mol. The maximum absolute atomic E-state index is 5.92. The Hall–Kier alpha value is -1.87. The van der Waals surface area contributed by atoms with Crippen molar-refractivity contribution in [3.8, 4) is 17.0 Å². The van der Waals surface area contributed by atoms with E-state index in [-0.39, 0.29) is 0 Å². The molecular weight excluding hydrogens is 406 g/mol. The van der Waals surface area contributed by atoms with Crippen molar-refractivity contribution in [3.05, 3.63) is 48.2 Å². The van der Waals surface area contributed by atoms with E-state index in [4.69, 9.17) is 9.47 Å². The van der Waals surface area contributed by atoms with Gasteiger partial charge in [0.2, 0.25) is 0 Å². The van der Waals surface area contributed by atoms with Crippen LogP contribution in [0.1, 0.15) is 103 Å². The van der Waals surface area contributed by atoms with Crippen LogP contribution in [-0.4, -0.2) is 24.8 Å². The van der Waals surface area contributed by atoms with Crippen LogP contribution in [-0.2, 0) is 11.2 Å². The van der Waals surface area contributed by atoms with Gasteiger partial charge in [0.05, 0.1) is 12.3 Å². The lowest BCUT2D eigenvalue weighted by Crippen LogP contribution is -1.99. The van der Waals surface area contributed by atoms with Crippen molar-refractivity contribution >= 4 is 0 Å². The Bertz CT molecular complexity index is 696. The molecule has 0 bridgehead atoms. The Morgan fingerprint density at radius 3 is 1.88 bits per heavy atom. The maximum Gasteiger partial charge on any atom is 0.119 e. The van der Waals surface area contributed by atoms with E-state index in [0.29, 0.717) is 0 Å². The molecule has 184 valence electrons. The summed E-state index contributed by atoms with van der Waals surface area (Å²) in [4.78, 5) is 4.67. The summed E-state index contributed by atoms with van der Waals surface area (Å²) >= 11 is 0. The fourth-order valence-corrected chi connectivity index (χ4v) is 4.00. The van der Waals surface area contributed by atoms with Gasteiger partial charge in [0.15, 0.2) is 0 Å². The van der Waals surface area contributed by atoms with E-state index in [0.717, 1.165) is 56.1 Å². The first-order chi connectivity index (χ1) is 16.3. The van der Waals surface area contributed by atoms with E-state index in [1.807, 2.05) is 6.20 Å². The Labute approximate surface area is 203 Å². The summed E-state index contributed by atoms with van der Waals surface area (Å²) in [5.41, 5.74) is 3.43. The molecule has 33 heavy (non-hydrogen) atoms. The molecule has 0 atom stereocenters. The number of hydrogen-bond acceptors (Lipinski definition) is 3. The molecular formula is C30H47NO2. The van der Waals surface area contributed by atoms with Crippen molar-refractivity contribution in [2.24, 2.45) is 0 Å². The lowest BCUT2D eigenvalue weighted by atomic mass is 10.1. The highest BCUT2D eigenvalue weighted by Gasteiger charge is 2.02. The molecule has 0 aliphatic heterocycles. The van der Waals surface area contributed by atoms with Gasteiger partial charge in [-0.25, -0.2) is 0 Å². The Morgan fingerprint density at radius 2 is 1.21 bits per heavy atom. The van der Waals surface area contributed by atoms with Crippen molar-refractivity contribution in [1.82, 2.24) is 4.98 Å². The summed E-state index contributed by atoms with van der Waals surface area (Å²) in [6.07, 6.45) is 19.7. The van der Waals surface area contributed by atoms with Crippen molar-refractivity contribution in [2.45, 2.75) is 104 Å². The summed E-state index contributed by atoms with van der Waals surface area (Å²) in [6, 6.07) is 12.7. The number of ether oxygens (including phenoxy) is 2. The molecule has 0 amide bonds. The molecule has 0 saturated heterocycles. The summed E-state index contributed by atoms with van der Waals surface area (Å²) in [7, 11) is 0. The quantitative estimate of drug-likeness (QED) is 0.188. The van der Waals surface area contributed by atoms with Gasteiger partial charge in [-0.3, -0.25) is 4.98 Å². The number of aryl methyl sites for hydroxylation is 1. The Morgan fingerprint density at radius 1 is 0.606 bits per heavy atom.